The summed E-state index contributed by atoms with van der Waals surface area (Å²) in [5, 5.41) is 0. The van der Waals surface area contributed by atoms with Crippen LogP contribution in [0.1, 0.15) is 47.0 Å². The van der Waals surface area contributed by atoms with Gasteiger partial charge in [0.1, 0.15) is 0 Å². The Bertz CT molecular complexity index is 171. The standard InChI is InChI=1S/C12H24NO2/c1-5-8-10-13(11(4)9-6-2)12(14)15-7-3/h6,11H,5,7-10H2,1-4H3. The molecular weight excluding hydrogens is 190 g/mol. The molecule has 1 atom stereocenters. The average molecular weight is 214 g/mol. The molecule has 0 saturated heterocycles. The van der Waals surface area contributed by atoms with Gasteiger partial charge in [-0.1, -0.05) is 20.3 Å². The van der Waals surface area contributed by atoms with Crippen LogP contribution in [0.4, 0.5) is 4.79 Å². The Morgan fingerprint density at radius 3 is 2.60 bits per heavy atom. The number of hydrogen-bond donors (Lipinski definition) is 0. The van der Waals surface area contributed by atoms with Crippen molar-refractivity contribution in [3.8, 4) is 0 Å². The van der Waals surface area contributed by atoms with Gasteiger partial charge in [-0.3, -0.25) is 0 Å². The first kappa shape index (κ1) is 14.3. The van der Waals surface area contributed by atoms with Crippen molar-refractivity contribution in [2.45, 2.75) is 53.0 Å². The highest BCUT2D eigenvalue weighted by molar-refractivity contribution is 5.67. The molecule has 15 heavy (non-hydrogen) atoms. The highest BCUT2D eigenvalue weighted by Gasteiger charge is 2.19. The van der Waals surface area contributed by atoms with Crippen molar-refractivity contribution in [2.75, 3.05) is 13.2 Å². The second kappa shape index (κ2) is 8.57. The predicted octanol–water partition coefficient (Wildman–Crippen LogP) is 3.25. The van der Waals surface area contributed by atoms with E-state index in [9.17, 15) is 4.79 Å². The van der Waals surface area contributed by atoms with E-state index in [0.29, 0.717) is 6.61 Å². The predicted molar refractivity (Wildman–Crippen MR) is 62.7 cm³/mol. The van der Waals surface area contributed by atoms with E-state index in [-0.39, 0.29) is 12.1 Å². The van der Waals surface area contributed by atoms with Crippen LogP contribution < -0.4 is 0 Å². The summed E-state index contributed by atoms with van der Waals surface area (Å²) in [4.78, 5) is 13.5. The van der Waals surface area contributed by atoms with Crippen molar-refractivity contribution < 1.29 is 9.53 Å². The molecule has 0 aliphatic heterocycles. The van der Waals surface area contributed by atoms with Gasteiger partial charge in [0.15, 0.2) is 0 Å². The third-order valence-electron chi connectivity index (χ3n) is 2.36. The van der Waals surface area contributed by atoms with E-state index in [0.717, 1.165) is 25.8 Å². The van der Waals surface area contributed by atoms with Gasteiger partial charge < -0.3 is 9.64 Å². The molecule has 89 valence electrons. The van der Waals surface area contributed by atoms with Gasteiger partial charge in [-0.15, -0.1) is 0 Å². The fourth-order valence-electron chi connectivity index (χ4n) is 1.49. The van der Waals surface area contributed by atoms with Gasteiger partial charge in [-0.05, 0) is 33.1 Å². The van der Waals surface area contributed by atoms with Crippen molar-refractivity contribution in [2.24, 2.45) is 0 Å². The van der Waals surface area contributed by atoms with Crippen molar-refractivity contribution in [1.82, 2.24) is 4.90 Å². The number of nitrogens with zero attached hydrogens (tertiary/aromatic N) is 1. The highest BCUT2D eigenvalue weighted by atomic mass is 16.6. The van der Waals surface area contributed by atoms with E-state index in [4.69, 9.17) is 4.74 Å². The molecule has 0 aromatic carbocycles. The maximum Gasteiger partial charge on any atom is 0.409 e. The lowest BCUT2D eigenvalue weighted by molar-refractivity contribution is 0.0922. The van der Waals surface area contributed by atoms with Gasteiger partial charge >= 0.3 is 6.09 Å². The van der Waals surface area contributed by atoms with Gasteiger partial charge in [-0.25, -0.2) is 4.79 Å². The van der Waals surface area contributed by atoms with Crippen LogP contribution in [-0.2, 0) is 4.74 Å². The number of ether oxygens (including phenoxy) is 1. The largest absolute Gasteiger partial charge is 0.450 e. The van der Waals surface area contributed by atoms with Gasteiger partial charge in [0.05, 0.1) is 6.61 Å². The number of unbranched alkanes of at least 4 members (excludes halogenated alkanes) is 1. The Kier molecular flexibility index (Phi) is 8.15. The van der Waals surface area contributed by atoms with Crippen molar-refractivity contribution >= 4 is 6.09 Å². The van der Waals surface area contributed by atoms with Crippen LogP contribution in [0.15, 0.2) is 0 Å². The highest BCUT2D eigenvalue weighted by Crippen LogP contribution is 2.09. The number of carbonyl (C=O) groups is 1. The molecule has 0 aromatic rings. The lowest BCUT2D eigenvalue weighted by Gasteiger charge is -2.28. The fraction of sp³-hybridized carbons (Fsp3) is 0.833. The zero-order valence-electron chi connectivity index (χ0n) is 10.5. The topological polar surface area (TPSA) is 29.5 Å². The van der Waals surface area contributed by atoms with E-state index >= 15 is 0 Å². The van der Waals surface area contributed by atoms with Crippen LogP contribution in [0.3, 0.4) is 0 Å². The molecule has 0 rings (SSSR count). The van der Waals surface area contributed by atoms with Crippen LogP contribution in [0.25, 0.3) is 0 Å². The summed E-state index contributed by atoms with van der Waals surface area (Å²) >= 11 is 0. The van der Waals surface area contributed by atoms with Crippen LogP contribution in [0, 0.1) is 6.42 Å². The Balaban J connectivity index is 4.21. The summed E-state index contributed by atoms with van der Waals surface area (Å²) < 4.78 is 5.04. The number of carbonyl (C=O) groups excluding carboxylic acids is 1. The second-order valence-electron chi connectivity index (χ2n) is 3.74. The summed E-state index contributed by atoms with van der Waals surface area (Å²) in [7, 11) is 0. The maximum absolute atomic E-state index is 11.7. The molecule has 3 nitrogen and oxygen atoms in total. The first-order valence-electron chi connectivity index (χ1n) is 5.88. The molecule has 0 saturated carbocycles. The molecule has 1 unspecified atom stereocenters. The van der Waals surface area contributed by atoms with Crippen molar-refractivity contribution in [3.63, 3.8) is 0 Å². The summed E-state index contributed by atoms with van der Waals surface area (Å²) in [6.07, 6.45) is 4.96. The van der Waals surface area contributed by atoms with E-state index in [1.165, 1.54) is 0 Å². The van der Waals surface area contributed by atoms with Gasteiger partial charge in [0.25, 0.3) is 0 Å². The molecular formula is C12H24NO2. The van der Waals surface area contributed by atoms with Crippen molar-refractivity contribution in [1.29, 1.82) is 0 Å². The van der Waals surface area contributed by atoms with E-state index in [2.05, 4.69) is 20.3 Å². The van der Waals surface area contributed by atoms with Gasteiger partial charge in [0.2, 0.25) is 0 Å². The lowest BCUT2D eigenvalue weighted by Crippen LogP contribution is -2.39. The summed E-state index contributed by atoms with van der Waals surface area (Å²) in [6.45, 7) is 9.28. The Morgan fingerprint density at radius 2 is 2.13 bits per heavy atom. The number of rotatable bonds is 7. The summed E-state index contributed by atoms with van der Waals surface area (Å²) in [6, 6.07) is 0.237. The van der Waals surface area contributed by atoms with Crippen LogP contribution in [0.5, 0.6) is 0 Å². The third kappa shape index (κ3) is 5.65. The molecule has 0 N–H and O–H groups in total. The summed E-state index contributed by atoms with van der Waals surface area (Å²) in [5.41, 5.74) is 0. The molecule has 0 aromatic heterocycles. The van der Waals surface area contributed by atoms with E-state index in [1.54, 1.807) is 0 Å². The lowest BCUT2D eigenvalue weighted by atomic mass is 10.1. The molecule has 0 fully saturated rings. The first-order chi connectivity index (χ1) is 7.17. The molecule has 0 spiro atoms. The van der Waals surface area contributed by atoms with Crippen molar-refractivity contribution in [3.05, 3.63) is 6.42 Å². The monoisotopic (exact) mass is 214 g/mol. The fourth-order valence-corrected chi connectivity index (χ4v) is 1.49. The van der Waals surface area contributed by atoms with E-state index < -0.39 is 0 Å². The molecule has 3 heteroatoms. The Labute approximate surface area is 93.8 Å². The Hall–Kier alpha value is -0.730. The first-order valence-corrected chi connectivity index (χ1v) is 5.88. The smallest absolute Gasteiger partial charge is 0.409 e. The zero-order valence-corrected chi connectivity index (χ0v) is 10.5. The maximum atomic E-state index is 11.7. The summed E-state index contributed by atoms with van der Waals surface area (Å²) in [5.74, 6) is 0. The number of amides is 1. The Morgan fingerprint density at radius 1 is 1.47 bits per heavy atom. The average Bonchev–Trinajstić information content (AvgIpc) is 2.19. The minimum Gasteiger partial charge on any atom is -0.450 e. The van der Waals surface area contributed by atoms with Gasteiger partial charge in [0, 0.05) is 12.6 Å². The third-order valence-corrected chi connectivity index (χ3v) is 2.36. The molecule has 1 amide bonds. The zero-order chi connectivity index (χ0) is 11.7. The van der Waals surface area contributed by atoms with Crippen LogP contribution in [-0.4, -0.2) is 30.2 Å². The van der Waals surface area contributed by atoms with Crippen LogP contribution in [0.2, 0.25) is 0 Å². The minimum atomic E-state index is -0.180. The molecule has 0 heterocycles. The normalized spacial score (nSPS) is 12.3. The minimum absolute atomic E-state index is 0.180. The molecule has 0 aliphatic carbocycles. The molecule has 0 bridgehead atoms. The SMILES string of the molecule is C[CH]CC(C)N(CCCC)C(=O)OCC. The molecule has 1 radical (unpaired) electrons. The molecule has 0 aliphatic rings. The quantitative estimate of drug-likeness (QED) is 0.651. The number of hydrogen-bond acceptors (Lipinski definition) is 2. The van der Waals surface area contributed by atoms with Crippen LogP contribution >= 0.6 is 0 Å². The van der Waals surface area contributed by atoms with Gasteiger partial charge in [-0.2, -0.15) is 0 Å². The second-order valence-corrected chi connectivity index (χ2v) is 3.74. The van der Waals surface area contributed by atoms with E-state index in [1.807, 2.05) is 18.7 Å².